The molecule has 0 aliphatic heterocycles. The molecular formula is C10H16F2N2O4. The van der Waals surface area contributed by atoms with E-state index >= 15 is 0 Å². The van der Waals surface area contributed by atoms with Crippen molar-refractivity contribution in [1.82, 2.24) is 10.6 Å². The first kappa shape index (κ1) is 14.6. The number of nitrogens with one attached hydrogen (secondary N) is 2. The minimum Gasteiger partial charge on any atom is -0.481 e. The predicted molar refractivity (Wildman–Crippen MR) is 57.5 cm³/mol. The Balaban J connectivity index is 2.03. The molecule has 1 aliphatic carbocycles. The Labute approximate surface area is 103 Å². The molecule has 3 N–H and O–H groups in total. The van der Waals surface area contributed by atoms with E-state index in [4.69, 9.17) is 5.11 Å². The molecule has 1 rings (SSSR count). The van der Waals surface area contributed by atoms with Gasteiger partial charge in [-0.1, -0.05) is 0 Å². The van der Waals surface area contributed by atoms with E-state index in [-0.39, 0.29) is 19.7 Å². The van der Waals surface area contributed by atoms with Crippen molar-refractivity contribution < 1.29 is 28.2 Å². The standard InChI is InChI=1S/C10H16F2N2O4/c11-7(12)5-18-4-3-13-9(17)14-6-10(1-2-10)8(15)16/h7H,1-6H2,(H,15,16)(H2,13,14,17). The van der Waals surface area contributed by atoms with Crippen molar-refractivity contribution in [2.24, 2.45) is 5.41 Å². The van der Waals surface area contributed by atoms with Crippen LogP contribution in [0.3, 0.4) is 0 Å². The van der Waals surface area contributed by atoms with Gasteiger partial charge in [0.2, 0.25) is 0 Å². The highest BCUT2D eigenvalue weighted by Gasteiger charge is 2.50. The zero-order chi connectivity index (χ0) is 13.6. The number of rotatable bonds is 8. The Morgan fingerprint density at radius 3 is 2.50 bits per heavy atom. The third-order valence-corrected chi connectivity index (χ3v) is 2.67. The van der Waals surface area contributed by atoms with E-state index in [1.165, 1.54) is 0 Å². The number of ether oxygens (including phenoxy) is 1. The SMILES string of the molecule is O=C(NCCOCC(F)F)NCC1(C(=O)O)CC1. The van der Waals surface area contributed by atoms with Crippen molar-refractivity contribution in [2.45, 2.75) is 19.3 Å². The van der Waals surface area contributed by atoms with Crippen LogP contribution in [0.15, 0.2) is 0 Å². The highest BCUT2D eigenvalue weighted by molar-refractivity contribution is 5.80. The number of hydrogen-bond acceptors (Lipinski definition) is 3. The second-order valence-corrected chi connectivity index (χ2v) is 4.16. The van der Waals surface area contributed by atoms with Crippen LogP contribution in [0, 0.1) is 5.41 Å². The summed E-state index contributed by atoms with van der Waals surface area (Å²) >= 11 is 0. The zero-order valence-electron chi connectivity index (χ0n) is 9.75. The second kappa shape index (κ2) is 6.48. The molecule has 0 atom stereocenters. The summed E-state index contributed by atoms with van der Waals surface area (Å²) in [5.74, 6) is -0.914. The van der Waals surface area contributed by atoms with Gasteiger partial charge in [-0.15, -0.1) is 0 Å². The predicted octanol–water partition coefficient (Wildman–Crippen LogP) is 0.432. The monoisotopic (exact) mass is 266 g/mol. The fourth-order valence-corrected chi connectivity index (χ4v) is 1.34. The molecule has 1 saturated carbocycles. The van der Waals surface area contributed by atoms with Crippen molar-refractivity contribution in [3.63, 3.8) is 0 Å². The summed E-state index contributed by atoms with van der Waals surface area (Å²) in [6.45, 7) is -0.502. The van der Waals surface area contributed by atoms with E-state index in [1.54, 1.807) is 0 Å². The number of halogens is 2. The van der Waals surface area contributed by atoms with E-state index in [0.717, 1.165) is 0 Å². The first-order valence-electron chi connectivity index (χ1n) is 5.57. The van der Waals surface area contributed by atoms with Crippen LogP contribution in [0.1, 0.15) is 12.8 Å². The van der Waals surface area contributed by atoms with Crippen molar-refractivity contribution >= 4 is 12.0 Å². The van der Waals surface area contributed by atoms with Crippen LogP contribution in [-0.2, 0) is 9.53 Å². The Kier molecular flexibility index (Phi) is 5.26. The van der Waals surface area contributed by atoms with Crippen molar-refractivity contribution in [2.75, 3.05) is 26.3 Å². The Morgan fingerprint density at radius 2 is 2.00 bits per heavy atom. The summed E-state index contributed by atoms with van der Waals surface area (Å²) < 4.78 is 27.9. The van der Waals surface area contributed by atoms with E-state index in [1.807, 2.05) is 0 Å². The molecule has 0 aromatic carbocycles. The van der Waals surface area contributed by atoms with E-state index < -0.39 is 30.4 Å². The molecule has 0 radical (unpaired) electrons. The molecule has 104 valence electrons. The Morgan fingerprint density at radius 1 is 1.33 bits per heavy atom. The van der Waals surface area contributed by atoms with Crippen LogP contribution in [-0.4, -0.2) is 49.8 Å². The number of carboxylic acid groups (broad SMARTS) is 1. The number of hydrogen-bond donors (Lipinski definition) is 3. The van der Waals surface area contributed by atoms with Crippen molar-refractivity contribution in [1.29, 1.82) is 0 Å². The number of carbonyl (C=O) groups is 2. The van der Waals surface area contributed by atoms with Crippen LogP contribution in [0.25, 0.3) is 0 Å². The Hall–Kier alpha value is -1.44. The average Bonchev–Trinajstić information content (AvgIpc) is 3.06. The quantitative estimate of drug-likeness (QED) is 0.556. The molecule has 0 aromatic heterocycles. The van der Waals surface area contributed by atoms with Gasteiger partial charge in [0, 0.05) is 13.1 Å². The van der Waals surface area contributed by atoms with Gasteiger partial charge in [0.25, 0.3) is 6.43 Å². The van der Waals surface area contributed by atoms with Gasteiger partial charge >= 0.3 is 12.0 Å². The molecule has 0 bridgehead atoms. The van der Waals surface area contributed by atoms with Gasteiger partial charge in [-0.05, 0) is 12.8 Å². The molecule has 18 heavy (non-hydrogen) atoms. The summed E-state index contributed by atoms with van der Waals surface area (Å²) in [4.78, 5) is 22.0. The van der Waals surface area contributed by atoms with E-state index in [9.17, 15) is 18.4 Å². The molecule has 1 aliphatic rings. The molecule has 0 aromatic rings. The van der Waals surface area contributed by atoms with Gasteiger partial charge in [0.1, 0.15) is 6.61 Å². The molecule has 2 amide bonds. The molecule has 0 heterocycles. The number of aliphatic carboxylic acids is 1. The molecule has 0 saturated heterocycles. The fraction of sp³-hybridized carbons (Fsp3) is 0.800. The van der Waals surface area contributed by atoms with Crippen LogP contribution in [0.4, 0.5) is 13.6 Å². The summed E-state index contributed by atoms with van der Waals surface area (Å²) in [6.07, 6.45) is -1.41. The molecular weight excluding hydrogens is 250 g/mol. The average molecular weight is 266 g/mol. The molecule has 8 heteroatoms. The fourth-order valence-electron chi connectivity index (χ4n) is 1.34. The summed E-state index contributed by atoms with van der Waals surface area (Å²) in [5.41, 5.74) is -0.816. The minimum atomic E-state index is -2.52. The number of alkyl halides is 2. The van der Waals surface area contributed by atoms with Gasteiger partial charge in [0.15, 0.2) is 0 Å². The van der Waals surface area contributed by atoms with Gasteiger partial charge in [-0.25, -0.2) is 13.6 Å². The molecule has 1 fully saturated rings. The van der Waals surface area contributed by atoms with Gasteiger partial charge in [-0.3, -0.25) is 4.79 Å². The van der Waals surface area contributed by atoms with Crippen LogP contribution >= 0.6 is 0 Å². The van der Waals surface area contributed by atoms with Crippen LogP contribution in [0.2, 0.25) is 0 Å². The van der Waals surface area contributed by atoms with E-state index in [0.29, 0.717) is 12.8 Å². The number of urea groups is 1. The zero-order valence-corrected chi connectivity index (χ0v) is 9.75. The second-order valence-electron chi connectivity index (χ2n) is 4.16. The lowest BCUT2D eigenvalue weighted by atomic mass is 10.1. The first-order valence-corrected chi connectivity index (χ1v) is 5.57. The smallest absolute Gasteiger partial charge is 0.314 e. The van der Waals surface area contributed by atoms with Gasteiger partial charge in [0.05, 0.1) is 12.0 Å². The lowest BCUT2D eigenvalue weighted by Gasteiger charge is -2.12. The van der Waals surface area contributed by atoms with Crippen molar-refractivity contribution in [3.05, 3.63) is 0 Å². The van der Waals surface area contributed by atoms with Gasteiger partial charge < -0.3 is 20.5 Å². The highest BCUT2D eigenvalue weighted by Crippen LogP contribution is 2.45. The maximum absolute atomic E-state index is 11.7. The molecule has 0 spiro atoms. The largest absolute Gasteiger partial charge is 0.481 e. The van der Waals surface area contributed by atoms with E-state index in [2.05, 4.69) is 15.4 Å². The first-order chi connectivity index (χ1) is 8.46. The van der Waals surface area contributed by atoms with Crippen LogP contribution in [0.5, 0.6) is 0 Å². The minimum absolute atomic E-state index is 0.0121. The lowest BCUT2D eigenvalue weighted by molar-refractivity contribution is -0.143. The van der Waals surface area contributed by atoms with Crippen LogP contribution < -0.4 is 10.6 Å². The van der Waals surface area contributed by atoms with Gasteiger partial charge in [-0.2, -0.15) is 0 Å². The number of carboxylic acids is 1. The molecule has 0 unspecified atom stereocenters. The normalized spacial score (nSPS) is 16.4. The molecule has 6 nitrogen and oxygen atoms in total. The lowest BCUT2D eigenvalue weighted by Crippen LogP contribution is -2.41. The summed E-state index contributed by atoms with van der Waals surface area (Å²) in [5, 5.41) is 13.7. The Bertz CT molecular complexity index is 308. The maximum atomic E-state index is 11.7. The summed E-state index contributed by atoms with van der Waals surface area (Å²) in [7, 11) is 0. The number of amides is 2. The maximum Gasteiger partial charge on any atom is 0.314 e. The third-order valence-electron chi connectivity index (χ3n) is 2.67. The summed E-state index contributed by atoms with van der Waals surface area (Å²) in [6, 6.07) is -0.525. The topological polar surface area (TPSA) is 87.7 Å². The highest BCUT2D eigenvalue weighted by atomic mass is 19.3. The number of carbonyl (C=O) groups excluding carboxylic acids is 1. The van der Waals surface area contributed by atoms with Crippen molar-refractivity contribution in [3.8, 4) is 0 Å². The third kappa shape index (κ3) is 4.82.